The second kappa shape index (κ2) is 8.13. The molecular weight excluding hydrogens is 302 g/mol. The number of ether oxygens (including phenoxy) is 1. The maximum atomic E-state index is 10.3. The lowest BCUT2D eigenvalue weighted by atomic mass is 10.1. The molecule has 128 valence electrons. The van der Waals surface area contributed by atoms with Crippen molar-refractivity contribution in [1.29, 1.82) is 0 Å². The first-order valence-electron chi connectivity index (χ1n) is 8.43. The highest BCUT2D eigenvalue weighted by Crippen LogP contribution is 2.27. The molecule has 2 aromatic rings. The number of nitrogens with one attached hydrogen (secondary N) is 1. The van der Waals surface area contributed by atoms with Crippen molar-refractivity contribution in [3.05, 3.63) is 54.6 Å². The number of hydrogen-bond donors (Lipinski definition) is 2. The summed E-state index contributed by atoms with van der Waals surface area (Å²) in [6, 6.07) is 8.09. The predicted octanol–water partition coefficient (Wildman–Crippen LogP) is 2.33. The molecule has 2 N–H and O–H groups in total. The molecule has 0 saturated heterocycles. The second-order valence-corrected chi connectivity index (χ2v) is 6.32. The Morgan fingerprint density at radius 1 is 1.38 bits per heavy atom. The summed E-state index contributed by atoms with van der Waals surface area (Å²) in [7, 11) is 1.68. The summed E-state index contributed by atoms with van der Waals surface area (Å²) in [5, 5.41) is 13.7. The third kappa shape index (κ3) is 4.24. The fraction of sp³-hybridized carbons (Fsp3) is 0.421. The number of imidazole rings is 1. The largest absolute Gasteiger partial charge is 0.496 e. The van der Waals surface area contributed by atoms with E-state index in [2.05, 4.69) is 27.0 Å². The van der Waals surface area contributed by atoms with E-state index in [-0.39, 0.29) is 12.1 Å². The van der Waals surface area contributed by atoms with Crippen molar-refractivity contribution < 1.29 is 9.84 Å². The SMILES string of the molecule is COc1ccccc1/C=C/CN[C@@H]1CC(Cn2ccnc2)C[C@H]1O. The lowest BCUT2D eigenvalue weighted by molar-refractivity contribution is 0.148. The molecule has 1 saturated carbocycles. The Morgan fingerprint density at radius 3 is 3.04 bits per heavy atom. The smallest absolute Gasteiger partial charge is 0.126 e. The molecule has 1 aliphatic carbocycles. The van der Waals surface area contributed by atoms with Gasteiger partial charge in [0, 0.05) is 37.1 Å². The molecule has 24 heavy (non-hydrogen) atoms. The van der Waals surface area contributed by atoms with Crippen LogP contribution in [0.15, 0.2) is 49.1 Å². The summed E-state index contributed by atoms with van der Waals surface area (Å²) in [5.74, 6) is 1.36. The molecule has 1 aromatic carbocycles. The number of aromatic nitrogens is 2. The van der Waals surface area contributed by atoms with Crippen molar-refractivity contribution in [3.63, 3.8) is 0 Å². The van der Waals surface area contributed by atoms with Crippen molar-refractivity contribution in [1.82, 2.24) is 14.9 Å². The van der Waals surface area contributed by atoms with E-state index < -0.39 is 0 Å². The van der Waals surface area contributed by atoms with Crippen LogP contribution in [-0.2, 0) is 6.54 Å². The predicted molar refractivity (Wildman–Crippen MR) is 94.8 cm³/mol. The summed E-state index contributed by atoms with van der Waals surface area (Å²) < 4.78 is 7.42. The van der Waals surface area contributed by atoms with Crippen LogP contribution >= 0.6 is 0 Å². The van der Waals surface area contributed by atoms with Gasteiger partial charge in [0.05, 0.1) is 19.5 Å². The molecule has 1 heterocycles. The van der Waals surface area contributed by atoms with E-state index in [9.17, 15) is 5.11 Å². The highest BCUT2D eigenvalue weighted by molar-refractivity contribution is 5.57. The van der Waals surface area contributed by atoms with Crippen LogP contribution < -0.4 is 10.1 Å². The first-order chi connectivity index (χ1) is 11.8. The quantitative estimate of drug-likeness (QED) is 0.819. The Balaban J connectivity index is 1.47. The van der Waals surface area contributed by atoms with Gasteiger partial charge in [-0.05, 0) is 24.8 Å². The number of benzene rings is 1. The van der Waals surface area contributed by atoms with E-state index in [1.54, 1.807) is 13.3 Å². The minimum atomic E-state index is -0.279. The van der Waals surface area contributed by atoms with Crippen LogP contribution in [0.4, 0.5) is 0 Å². The van der Waals surface area contributed by atoms with Gasteiger partial charge in [-0.15, -0.1) is 0 Å². The van der Waals surface area contributed by atoms with Gasteiger partial charge in [0.15, 0.2) is 0 Å². The average molecular weight is 327 g/mol. The highest BCUT2D eigenvalue weighted by atomic mass is 16.5. The van der Waals surface area contributed by atoms with Crippen molar-refractivity contribution in [2.24, 2.45) is 5.92 Å². The molecule has 1 aromatic heterocycles. The lowest BCUT2D eigenvalue weighted by Gasteiger charge is -2.15. The maximum absolute atomic E-state index is 10.3. The highest BCUT2D eigenvalue weighted by Gasteiger charge is 2.32. The van der Waals surface area contributed by atoms with Crippen LogP contribution in [0.5, 0.6) is 5.75 Å². The Kier molecular flexibility index (Phi) is 5.67. The lowest BCUT2D eigenvalue weighted by Crippen LogP contribution is -2.35. The van der Waals surface area contributed by atoms with Gasteiger partial charge in [-0.2, -0.15) is 0 Å². The van der Waals surface area contributed by atoms with Crippen molar-refractivity contribution in [3.8, 4) is 5.75 Å². The van der Waals surface area contributed by atoms with Crippen LogP contribution in [0.2, 0.25) is 0 Å². The Bertz CT molecular complexity index is 654. The fourth-order valence-corrected chi connectivity index (χ4v) is 3.39. The molecule has 3 atom stereocenters. The number of methoxy groups -OCH3 is 1. The van der Waals surface area contributed by atoms with Crippen LogP contribution in [0, 0.1) is 5.92 Å². The average Bonchev–Trinajstić information content (AvgIpc) is 3.22. The Morgan fingerprint density at radius 2 is 2.25 bits per heavy atom. The summed E-state index contributed by atoms with van der Waals surface area (Å²) in [5.41, 5.74) is 1.06. The van der Waals surface area contributed by atoms with Gasteiger partial charge in [-0.1, -0.05) is 30.4 Å². The van der Waals surface area contributed by atoms with Gasteiger partial charge in [0.2, 0.25) is 0 Å². The monoisotopic (exact) mass is 327 g/mol. The summed E-state index contributed by atoms with van der Waals surface area (Å²) >= 11 is 0. The van der Waals surface area contributed by atoms with E-state index in [1.165, 1.54) is 0 Å². The van der Waals surface area contributed by atoms with Crippen LogP contribution in [0.3, 0.4) is 0 Å². The fourth-order valence-electron chi connectivity index (χ4n) is 3.39. The first-order valence-corrected chi connectivity index (χ1v) is 8.43. The Labute approximate surface area is 143 Å². The zero-order chi connectivity index (χ0) is 16.8. The van der Waals surface area contributed by atoms with Crippen LogP contribution in [-0.4, -0.2) is 40.5 Å². The second-order valence-electron chi connectivity index (χ2n) is 6.32. The third-order valence-corrected chi connectivity index (χ3v) is 4.59. The third-order valence-electron chi connectivity index (χ3n) is 4.59. The number of para-hydroxylation sites is 1. The molecular formula is C19H25N3O2. The number of aliphatic hydroxyl groups excluding tert-OH is 1. The number of rotatable bonds is 7. The van der Waals surface area contributed by atoms with Gasteiger partial charge in [0.1, 0.15) is 5.75 Å². The summed E-state index contributed by atoms with van der Waals surface area (Å²) in [6.07, 6.45) is 11.3. The zero-order valence-electron chi connectivity index (χ0n) is 14.0. The zero-order valence-corrected chi connectivity index (χ0v) is 14.0. The molecule has 1 aliphatic rings. The number of hydrogen-bond acceptors (Lipinski definition) is 4. The van der Waals surface area contributed by atoms with Gasteiger partial charge in [-0.3, -0.25) is 0 Å². The van der Waals surface area contributed by atoms with Gasteiger partial charge in [0.25, 0.3) is 0 Å². The van der Waals surface area contributed by atoms with Gasteiger partial charge >= 0.3 is 0 Å². The van der Waals surface area contributed by atoms with E-state index in [0.29, 0.717) is 5.92 Å². The van der Waals surface area contributed by atoms with E-state index in [4.69, 9.17) is 4.74 Å². The molecule has 5 nitrogen and oxygen atoms in total. The van der Waals surface area contributed by atoms with Crippen molar-refractivity contribution in [2.45, 2.75) is 31.5 Å². The molecule has 3 rings (SSSR count). The van der Waals surface area contributed by atoms with Crippen molar-refractivity contribution in [2.75, 3.05) is 13.7 Å². The van der Waals surface area contributed by atoms with Gasteiger partial charge in [-0.25, -0.2) is 4.98 Å². The molecule has 0 amide bonds. The minimum Gasteiger partial charge on any atom is -0.496 e. The minimum absolute atomic E-state index is 0.154. The molecule has 1 fully saturated rings. The van der Waals surface area contributed by atoms with Crippen LogP contribution in [0.1, 0.15) is 18.4 Å². The van der Waals surface area contributed by atoms with E-state index in [0.717, 1.165) is 37.2 Å². The number of nitrogens with zero attached hydrogens (tertiary/aromatic N) is 2. The molecule has 5 heteroatoms. The summed E-state index contributed by atoms with van der Waals surface area (Å²) in [6.45, 7) is 1.66. The van der Waals surface area contributed by atoms with E-state index in [1.807, 2.05) is 36.8 Å². The standard InChI is InChI=1S/C19H25N3O2/c1-24-19-7-3-2-5-16(19)6-4-8-21-17-11-15(12-18(17)23)13-22-10-9-20-14-22/h2-7,9-10,14-15,17-18,21,23H,8,11-13H2,1H3/b6-4+/t15?,17-,18-/m1/s1. The molecule has 0 spiro atoms. The molecule has 0 aliphatic heterocycles. The number of aliphatic hydroxyl groups is 1. The Hall–Kier alpha value is -2.11. The molecule has 0 radical (unpaired) electrons. The van der Waals surface area contributed by atoms with E-state index >= 15 is 0 Å². The normalized spacial score (nSPS) is 23.8. The van der Waals surface area contributed by atoms with Gasteiger partial charge < -0.3 is 19.7 Å². The topological polar surface area (TPSA) is 59.3 Å². The molecule has 0 bridgehead atoms. The summed E-state index contributed by atoms with van der Waals surface area (Å²) in [4.78, 5) is 4.07. The first kappa shape index (κ1) is 16.7. The maximum Gasteiger partial charge on any atom is 0.126 e. The van der Waals surface area contributed by atoms with Crippen LogP contribution in [0.25, 0.3) is 6.08 Å². The van der Waals surface area contributed by atoms with Crippen molar-refractivity contribution >= 4 is 6.08 Å². The molecule has 1 unspecified atom stereocenters.